The molecule has 1 aromatic carbocycles. The van der Waals surface area contributed by atoms with Crippen LogP contribution in [0.3, 0.4) is 0 Å². The molecular weight excluding hydrogens is 267 g/mol. The molecule has 1 aliphatic carbocycles. The summed E-state index contributed by atoms with van der Waals surface area (Å²) in [5.74, 6) is 5.23. The zero-order chi connectivity index (χ0) is 15.2. The molecule has 0 unspecified atom stereocenters. The molecule has 1 saturated carbocycles. The molecule has 1 fully saturated rings. The standard InChI is InChI=1S/C17H21FN2O/c1-20(12-13-5-2-3-6-13)17(21)15-9-8-14(7-4-10-19)16(18)11-15/h8-9,11,13H,2-3,5-6,10,12,19H2,1H3. The second-order valence-electron chi connectivity index (χ2n) is 5.54. The topological polar surface area (TPSA) is 46.3 Å². The van der Waals surface area contributed by atoms with Crippen LogP contribution in [0.2, 0.25) is 0 Å². The van der Waals surface area contributed by atoms with Gasteiger partial charge in [-0.2, -0.15) is 0 Å². The molecule has 0 heterocycles. The summed E-state index contributed by atoms with van der Waals surface area (Å²) in [6, 6.07) is 4.42. The van der Waals surface area contributed by atoms with Crippen LogP contribution in [-0.2, 0) is 0 Å². The molecule has 0 radical (unpaired) electrons. The molecule has 4 heteroatoms. The van der Waals surface area contributed by atoms with Crippen LogP contribution in [-0.4, -0.2) is 30.9 Å². The second-order valence-corrected chi connectivity index (χ2v) is 5.54. The van der Waals surface area contributed by atoms with Crippen molar-refractivity contribution in [2.45, 2.75) is 25.7 Å². The third-order valence-corrected chi connectivity index (χ3v) is 3.89. The largest absolute Gasteiger partial charge is 0.341 e. The molecule has 1 amide bonds. The first-order chi connectivity index (χ1) is 10.1. The van der Waals surface area contributed by atoms with Gasteiger partial charge in [0.2, 0.25) is 0 Å². The highest BCUT2D eigenvalue weighted by Crippen LogP contribution is 2.25. The van der Waals surface area contributed by atoms with Crippen LogP contribution in [0.4, 0.5) is 4.39 Å². The van der Waals surface area contributed by atoms with Gasteiger partial charge >= 0.3 is 0 Å². The summed E-state index contributed by atoms with van der Waals surface area (Å²) in [5.41, 5.74) is 5.91. The highest BCUT2D eigenvalue weighted by molar-refractivity contribution is 5.94. The Bertz CT molecular complexity index is 568. The van der Waals surface area contributed by atoms with Crippen molar-refractivity contribution in [3.05, 3.63) is 35.1 Å². The number of benzene rings is 1. The number of carbonyl (C=O) groups is 1. The molecule has 0 spiro atoms. The predicted molar refractivity (Wildman–Crippen MR) is 81.3 cm³/mol. The van der Waals surface area contributed by atoms with Gasteiger partial charge in [-0.05, 0) is 37.0 Å². The third kappa shape index (κ3) is 4.05. The Kier molecular flexibility index (Phi) is 5.35. The maximum atomic E-state index is 13.9. The molecule has 0 saturated heterocycles. The van der Waals surface area contributed by atoms with Gasteiger partial charge in [-0.25, -0.2) is 4.39 Å². The third-order valence-electron chi connectivity index (χ3n) is 3.89. The Morgan fingerprint density at radius 3 is 2.76 bits per heavy atom. The monoisotopic (exact) mass is 288 g/mol. The van der Waals surface area contributed by atoms with Crippen LogP contribution in [0.15, 0.2) is 18.2 Å². The molecule has 0 aliphatic heterocycles. The summed E-state index contributed by atoms with van der Waals surface area (Å²) < 4.78 is 13.9. The Balaban J connectivity index is 2.06. The number of hydrogen-bond donors (Lipinski definition) is 1. The van der Waals surface area contributed by atoms with Crippen molar-refractivity contribution < 1.29 is 9.18 Å². The number of hydrogen-bond acceptors (Lipinski definition) is 2. The molecule has 0 aromatic heterocycles. The van der Waals surface area contributed by atoms with Crippen molar-refractivity contribution in [1.29, 1.82) is 0 Å². The van der Waals surface area contributed by atoms with Gasteiger partial charge in [0.05, 0.1) is 12.1 Å². The van der Waals surface area contributed by atoms with Crippen LogP contribution in [0, 0.1) is 23.6 Å². The fraction of sp³-hybridized carbons (Fsp3) is 0.471. The first-order valence-electron chi connectivity index (χ1n) is 7.35. The Morgan fingerprint density at radius 1 is 1.43 bits per heavy atom. The van der Waals surface area contributed by atoms with Crippen molar-refractivity contribution in [2.75, 3.05) is 20.1 Å². The molecule has 1 aliphatic rings. The van der Waals surface area contributed by atoms with E-state index >= 15 is 0 Å². The zero-order valence-electron chi connectivity index (χ0n) is 12.4. The van der Waals surface area contributed by atoms with E-state index in [9.17, 15) is 9.18 Å². The average Bonchev–Trinajstić information content (AvgIpc) is 2.98. The summed E-state index contributed by atoms with van der Waals surface area (Å²) in [6.07, 6.45) is 4.85. The minimum absolute atomic E-state index is 0.140. The molecule has 112 valence electrons. The van der Waals surface area contributed by atoms with Gasteiger partial charge in [0.15, 0.2) is 0 Å². The van der Waals surface area contributed by atoms with E-state index < -0.39 is 5.82 Å². The fourth-order valence-corrected chi connectivity index (χ4v) is 2.78. The maximum absolute atomic E-state index is 13.9. The van der Waals surface area contributed by atoms with Crippen molar-refractivity contribution >= 4 is 5.91 Å². The van der Waals surface area contributed by atoms with Crippen molar-refractivity contribution in [2.24, 2.45) is 11.7 Å². The van der Waals surface area contributed by atoms with Crippen LogP contribution in [0.5, 0.6) is 0 Å². The number of amides is 1. The van der Waals surface area contributed by atoms with E-state index in [-0.39, 0.29) is 18.0 Å². The second kappa shape index (κ2) is 7.24. The molecule has 1 aromatic rings. The molecule has 0 atom stereocenters. The summed E-state index contributed by atoms with van der Waals surface area (Å²) in [4.78, 5) is 14.0. The number of nitrogens with two attached hydrogens (primary N) is 1. The van der Waals surface area contributed by atoms with Crippen molar-refractivity contribution in [1.82, 2.24) is 4.90 Å². The Morgan fingerprint density at radius 2 is 2.14 bits per heavy atom. The van der Waals surface area contributed by atoms with E-state index in [0.29, 0.717) is 11.5 Å². The van der Waals surface area contributed by atoms with E-state index in [1.807, 2.05) is 0 Å². The quantitative estimate of drug-likeness (QED) is 0.868. The van der Waals surface area contributed by atoms with Crippen LogP contribution >= 0.6 is 0 Å². The molecule has 2 N–H and O–H groups in total. The fourth-order valence-electron chi connectivity index (χ4n) is 2.78. The van der Waals surface area contributed by atoms with Gasteiger partial charge in [0.25, 0.3) is 5.91 Å². The predicted octanol–water partition coefficient (Wildman–Crippen LogP) is 2.40. The van der Waals surface area contributed by atoms with Gasteiger partial charge in [-0.3, -0.25) is 4.79 Å². The summed E-state index contributed by atoms with van der Waals surface area (Å²) in [6.45, 7) is 0.930. The van der Waals surface area contributed by atoms with E-state index in [4.69, 9.17) is 5.73 Å². The van der Waals surface area contributed by atoms with Gasteiger partial charge in [-0.1, -0.05) is 24.7 Å². The van der Waals surface area contributed by atoms with Crippen LogP contribution in [0.25, 0.3) is 0 Å². The first kappa shape index (κ1) is 15.5. The maximum Gasteiger partial charge on any atom is 0.253 e. The molecule has 3 nitrogen and oxygen atoms in total. The normalized spacial score (nSPS) is 14.6. The highest BCUT2D eigenvalue weighted by Gasteiger charge is 2.20. The van der Waals surface area contributed by atoms with E-state index in [0.717, 1.165) is 6.54 Å². The number of nitrogens with zero attached hydrogens (tertiary/aromatic N) is 1. The minimum Gasteiger partial charge on any atom is -0.341 e. The highest BCUT2D eigenvalue weighted by atomic mass is 19.1. The Hall–Kier alpha value is -1.86. The molecule has 2 rings (SSSR count). The van der Waals surface area contributed by atoms with Gasteiger partial charge in [0, 0.05) is 19.2 Å². The van der Waals surface area contributed by atoms with E-state index in [2.05, 4.69) is 11.8 Å². The van der Waals surface area contributed by atoms with Gasteiger partial charge in [-0.15, -0.1) is 0 Å². The average molecular weight is 288 g/mol. The van der Waals surface area contributed by atoms with Gasteiger partial charge in [0.1, 0.15) is 5.82 Å². The molecule has 21 heavy (non-hydrogen) atoms. The minimum atomic E-state index is -0.476. The van der Waals surface area contributed by atoms with Gasteiger partial charge < -0.3 is 10.6 Å². The zero-order valence-corrected chi connectivity index (χ0v) is 12.4. The van der Waals surface area contributed by atoms with Crippen LogP contribution < -0.4 is 5.73 Å². The van der Waals surface area contributed by atoms with E-state index in [1.165, 1.54) is 37.8 Å². The molecule has 0 bridgehead atoms. The lowest BCUT2D eigenvalue weighted by Gasteiger charge is -2.21. The lowest BCUT2D eigenvalue weighted by molar-refractivity contribution is 0.0773. The number of halogens is 1. The lowest BCUT2D eigenvalue weighted by atomic mass is 10.1. The number of carbonyl (C=O) groups excluding carboxylic acids is 1. The van der Waals surface area contributed by atoms with Crippen LogP contribution in [0.1, 0.15) is 41.6 Å². The van der Waals surface area contributed by atoms with Crippen molar-refractivity contribution in [3.8, 4) is 11.8 Å². The summed E-state index contributed by atoms with van der Waals surface area (Å²) >= 11 is 0. The summed E-state index contributed by atoms with van der Waals surface area (Å²) in [7, 11) is 1.78. The SMILES string of the molecule is CN(CC1CCCC1)C(=O)c1ccc(C#CCN)c(F)c1. The van der Waals surface area contributed by atoms with Crippen molar-refractivity contribution in [3.63, 3.8) is 0 Å². The van der Waals surface area contributed by atoms with E-state index in [1.54, 1.807) is 18.0 Å². The summed E-state index contributed by atoms with van der Waals surface area (Å²) in [5, 5.41) is 0. The Labute approximate surface area is 125 Å². The lowest BCUT2D eigenvalue weighted by Crippen LogP contribution is -2.31. The number of rotatable bonds is 3. The first-order valence-corrected chi connectivity index (χ1v) is 7.35. The smallest absolute Gasteiger partial charge is 0.253 e. The molecular formula is C17H21FN2O.